The summed E-state index contributed by atoms with van der Waals surface area (Å²) in [6.07, 6.45) is 3.22. The number of aromatic nitrogens is 2. The van der Waals surface area contributed by atoms with Crippen LogP contribution in [0.15, 0.2) is 6.33 Å². The Hall–Kier alpha value is -1.96. The number of nitro groups is 1. The summed E-state index contributed by atoms with van der Waals surface area (Å²) in [5.74, 6) is 5.83. The standard InChI is InChI=1S/C11H20N6O2/c1-4-8(5-2)7(3)15-10-9(17(18)19)11(16-12)14-6-13-10/h6-8H,4-5,12H2,1-3H3,(H2,13,14,15,16). The van der Waals surface area contributed by atoms with Crippen LogP contribution in [-0.4, -0.2) is 20.9 Å². The molecule has 4 N–H and O–H groups in total. The van der Waals surface area contributed by atoms with Gasteiger partial charge in [-0.05, 0) is 12.8 Å². The zero-order valence-electron chi connectivity index (χ0n) is 11.4. The average molecular weight is 268 g/mol. The van der Waals surface area contributed by atoms with E-state index in [0.717, 1.165) is 12.8 Å². The lowest BCUT2D eigenvalue weighted by Gasteiger charge is -2.22. The van der Waals surface area contributed by atoms with Crippen LogP contribution in [0, 0.1) is 16.0 Å². The third-order valence-electron chi connectivity index (χ3n) is 3.26. The molecule has 0 aromatic carbocycles. The first kappa shape index (κ1) is 15.1. The molecule has 1 atom stereocenters. The molecule has 0 saturated carbocycles. The second-order valence-electron chi connectivity index (χ2n) is 4.33. The molecule has 0 saturated heterocycles. The molecule has 1 rings (SSSR count). The van der Waals surface area contributed by atoms with Crippen molar-refractivity contribution in [1.29, 1.82) is 0 Å². The van der Waals surface area contributed by atoms with Crippen LogP contribution in [0.1, 0.15) is 33.6 Å². The largest absolute Gasteiger partial charge is 0.361 e. The third kappa shape index (κ3) is 3.50. The Balaban J connectivity index is 3.03. The molecule has 1 unspecified atom stereocenters. The van der Waals surface area contributed by atoms with Gasteiger partial charge >= 0.3 is 5.69 Å². The van der Waals surface area contributed by atoms with Crippen molar-refractivity contribution < 1.29 is 4.92 Å². The highest BCUT2D eigenvalue weighted by Gasteiger charge is 2.24. The molecule has 0 spiro atoms. The van der Waals surface area contributed by atoms with E-state index in [1.165, 1.54) is 6.33 Å². The van der Waals surface area contributed by atoms with E-state index in [1.54, 1.807) is 0 Å². The molecule has 0 radical (unpaired) electrons. The van der Waals surface area contributed by atoms with Crippen molar-refractivity contribution in [1.82, 2.24) is 9.97 Å². The highest BCUT2D eigenvalue weighted by atomic mass is 16.6. The molecule has 1 aromatic rings. The molecule has 0 fully saturated rings. The number of rotatable bonds is 7. The molecule has 0 aliphatic rings. The van der Waals surface area contributed by atoms with Gasteiger partial charge in [-0.1, -0.05) is 26.7 Å². The summed E-state index contributed by atoms with van der Waals surface area (Å²) >= 11 is 0. The molecule has 8 heteroatoms. The number of nitrogens with one attached hydrogen (secondary N) is 2. The summed E-state index contributed by atoms with van der Waals surface area (Å²) < 4.78 is 0. The number of anilines is 2. The Morgan fingerprint density at radius 1 is 1.37 bits per heavy atom. The maximum atomic E-state index is 11.1. The Kier molecular flexibility index (Phi) is 5.43. The fraction of sp³-hybridized carbons (Fsp3) is 0.636. The summed E-state index contributed by atoms with van der Waals surface area (Å²) in [6, 6.07) is 0.0780. The maximum absolute atomic E-state index is 11.1. The highest BCUT2D eigenvalue weighted by Crippen LogP contribution is 2.29. The first-order valence-electron chi connectivity index (χ1n) is 6.27. The van der Waals surface area contributed by atoms with Gasteiger partial charge in [0, 0.05) is 6.04 Å². The minimum atomic E-state index is -0.544. The first-order chi connectivity index (χ1) is 9.04. The molecule has 0 bridgehead atoms. The van der Waals surface area contributed by atoms with E-state index in [0.29, 0.717) is 5.92 Å². The Bertz CT molecular complexity index is 435. The number of hydrogen-bond donors (Lipinski definition) is 3. The summed E-state index contributed by atoms with van der Waals surface area (Å²) in [5, 5.41) is 14.2. The van der Waals surface area contributed by atoms with Crippen molar-refractivity contribution in [3.05, 3.63) is 16.4 Å². The number of nitrogens with zero attached hydrogens (tertiary/aromatic N) is 3. The van der Waals surface area contributed by atoms with Crippen molar-refractivity contribution in [2.75, 3.05) is 10.7 Å². The second kappa shape index (κ2) is 6.83. The second-order valence-corrected chi connectivity index (χ2v) is 4.33. The first-order valence-corrected chi connectivity index (χ1v) is 6.27. The summed E-state index contributed by atoms with van der Waals surface area (Å²) in [7, 11) is 0. The predicted molar refractivity (Wildman–Crippen MR) is 73.7 cm³/mol. The smallest absolute Gasteiger partial charge is 0.354 e. The summed E-state index contributed by atoms with van der Waals surface area (Å²) in [4.78, 5) is 18.2. The van der Waals surface area contributed by atoms with Gasteiger partial charge in [0.2, 0.25) is 11.6 Å². The Morgan fingerprint density at radius 3 is 2.42 bits per heavy atom. The van der Waals surface area contributed by atoms with Crippen LogP contribution in [0.4, 0.5) is 17.3 Å². The van der Waals surface area contributed by atoms with E-state index in [1.807, 2.05) is 6.92 Å². The van der Waals surface area contributed by atoms with E-state index in [-0.39, 0.29) is 23.4 Å². The fourth-order valence-corrected chi connectivity index (χ4v) is 2.09. The van der Waals surface area contributed by atoms with Gasteiger partial charge in [-0.3, -0.25) is 10.1 Å². The van der Waals surface area contributed by atoms with Crippen LogP contribution in [0.5, 0.6) is 0 Å². The van der Waals surface area contributed by atoms with E-state index in [9.17, 15) is 10.1 Å². The number of hydrogen-bond acceptors (Lipinski definition) is 7. The minimum absolute atomic E-state index is 0.000697. The van der Waals surface area contributed by atoms with Crippen LogP contribution in [0.25, 0.3) is 0 Å². The van der Waals surface area contributed by atoms with Crippen LogP contribution in [-0.2, 0) is 0 Å². The molecule has 0 aliphatic heterocycles. The van der Waals surface area contributed by atoms with Gasteiger partial charge in [0.25, 0.3) is 0 Å². The van der Waals surface area contributed by atoms with Gasteiger partial charge < -0.3 is 10.7 Å². The maximum Gasteiger partial charge on any atom is 0.354 e. The van der Waals surface area contributed by atoms with Gasteiger partial charge in [-0.25, -0.2) is 15.8 Å². The Morgan fingerprint density at radius 2 is 1.95 bits per heavy atom. The molecule has 0 aliphatic carbocycles. The average Bonchev–Trinajstić information content (AvgIpc) is 2.39. The fourth-order valence-electron chi connectivity index (χ4n) is 2.09. The molecule has 19 heavy (non-hydrogen) atoms. The van der Waals surface area contributed by atoms with Crippen LogP contribution in [0.2, 0.25) is 0 Å². The molecule has 0 amide bonds. The quantitative estimate of drug-likeness (QED) is 0.392. The van der Waals surface area contributed by atoms with E-state index >= 15 is 0 Å². The zero-order chi connectivity index (χ0) is 14.4. The minimum Gasteiger partial charge on any atom is -0.361 e. The van der Waals surface area contributed by atoms with E-state index < -0.39 is 4.92 Å². The van der Waals surface area contributed by atoms with Crippen molar-refractivity contribution >= 4 is 17.3 Å². The predicted octanol–water partition coefficient (Wildman–Crippen LogP) is 1.91. The molecular weight excluding hydrogens is 248 g/mol. The molecule has 106 valence electrons. The van der Waals surface area contributed by atoms with Crippen molar-refractivity contribution in [3.63, 3.8) is 0 Å². The van der Waals surface area contributed by atoms with Gasteiger partial charge in [0.05, 0.1) is 4.92 Å². The number of nitrogen functional groups attached to an aromatic ring is 1. The van der Waals surface area contributed by atoms with Gasteiger partial charge in [-0.15, -0.1) is 0 Å². The van der Waals surface area contributed by atoms with Crippen LogP contribution in [0.3, 0.4) is 0 Å². The zero-order valence-corrected chi connectivity index (χ0v) is 11.4. The van der Waals surface area contributed by atoms with Crippen LogP contribution < -0.4 is 16.6 Å². The molecule has 8 nitrogen and oxygen atoms in total. The topological polar surface area (TPSA) is 119 Å². The van der Waals surface area contributed by atoms with E-state index in [4.69, 9.17) is 5.84 Å². The SMILES string of the molecule is CCC(CC)C(C)Nc1ncnc(NN)c1[N+](=O)[O-]. The van der Waals surface area contributed by atoms with Crippen molar-refractivity contribution in [2.24, 2.45) is 11.8 Å². The van der Waals surface area contributed by atoms with Crippen molar-refractivity contribution in [3.8, 4) is 0 Å². The lowest BCUT2D eigenvalue weighted by Crippen LogP contribution is -2.26. The Labute approximate surface area is 111 Å². The molecule has 1 aromatic heterocycles. The molecule has 1 heterocycles. The third-order valence-corrected chi connectivity index (χ3v) is 3.26. The highest BCUT2D eigenvalue weighted by molar-refractivity contribution is 5.69. The normalized spacial score (nSPS) is 12.3. The summed E-state index contributed by atoms with van der Waals surface area (Å²) in [5.41, 5.74) is 1.98. The lowest BCUT2D eigenvalue weighted by atomic mass is 9.95. The van der Waals surface area contributed by atoms with Crippen LogP contribution >= 0.6 is 0 Å². The molecular formula is C11H20N6O2. The monoisotopic (exact) mass is 268 g/mol. The van der Waals surface area contributed by atoms with Gasteiger partial charge in [0.1, 0.15) is 6.33 Å². The number of hydrazine groups is 1. The van der Waals surface area contributed by atoms with Gasteiger partial charge in [0.15, 0.2) is 0 Å². The van der Waals surface area contributed by atoms with Crippen molar-refractivity contribution in [2.45, 2.75) is 39.7 Å². The van der Waals surface area contributed by atoms with E-state index in [2.05, 4.69) is 34.6 Å². The number of nitrogens with two attached hydrogens (primary N) is 1. The van der Waals surface area contributed by atoms with Gasteiger partial charge in [-0.2, -0.15) is 0 Å². The summed E-state index contributed by atoms with van der Waals surface area (Å²) in [6.45, 7) is 6.17. The lowest BCUT2D eigenvalue weighted by molar-refractivity contribution is -0.383.